The van der Waals surface area contributed by atoms with Gasteiger partial charge in [-0.05, 0) is 18.9 Å². The second kappa shape index (κ2) is 5.29. The molecule has 0 spiro atoms. The quantitative estimate of drug-likeness (QED) is 0.685. The Morgan fingerprint density at radius 3 is 2.93 bits per heavy atom. The van der Waals surface area contributed by atoms with Crippen molar-refractivity contribution in [2.75, 3.05) is 32.8 Å². The van der Waals surface area contributed by atoms with Gasteiger partial charge in [0, 0.05) is 19.6 Å². The second-order valence-corrected chi connectivity index (χ2v) is 4.19. The van der Waals surface area contributed by atoms with Gasteiger partial charge in [-0.1, -0.05) is 29.9 Å². The lowest BCUT2D eigenvalue weighted by Gasteiger charge is -2.26. The molecule has 0 saturated carbocycles. The van der Waals surface area contributed by atoms with Gasteiger partial charge < -0.3 is 4.74 Å². The van der Waals surface area contributed by atoms with Crippen molar-refractivity contribution >= 4 is 0 Å². The lowest BCUT2D eigenvalue weighted by molar-refractivity contribution is 0.0426. The Morgan fingerprint density at radius 2 is 2.13 bits per heavy atom. The van der Waals surface area contributed by atoms with E-state index < -0.39 is 0 Å². The third-order valence-corrected chi connectivity index (χ3v) is 2.83. The minimum absolute atomic E-state index is 0.881. The average Bonchev–Trinajstić information content (AvgIpc) is 2.44. The Kier molecular flexibility index (Phi) is 3.75. The maximum absolute atomic E-state index is 5.34. The number of rotatable bonds is 2. The van der Waals surface area contributed by atoms with E-state index in [-0.39, 0.29) is 0 Å². The molecule has 2 nitrogen and oxygen atoms in total. The first-order chi connectivity index (χ1) is 7.34. The van der Waals surface area contributed by atoms with Crippen molar-refractivity contribution in [3.05, 3.63) is 35.5 Å². The van der Waals surface area contributed by atoms with Crippen LogP contribution in [0, 0.1) is 0 Å². The number of nitrogens with zero attached hydrogens (tertiary/aromatic N) is 1. The van der Waals surface area contributed by atoms with Gasteiger partial charge in [0.25, 0.3) is 0 Å². The van der Waals surface area contributed by atoms with E-state index in [1.165, 1.54) is 11.1 Å². The lowest BCUT2D eigenvalue weighted by Crippen LogP contribution is -2.37. The van der Waals surface area contributed by atoms with Gasteiger partial charge in [-0.2, -0.15) is 0 Å². The maximum Gasteiger partial charge on any atom is 0.0594 e. The van der Waals surface area contributed by atoms with Crippen molar-refractivity contribution in [3.63, 3.8) is 0 Å². The van der Waals surface area contributed by atoms with Crippen molar-refractivity contribution in [2.24, 2.45) is 0 Å². The Balaban J connectivity index is 1.95. The summed E-state index contributed by atoms with van der Waals surface area (Å²) in [5.41, 5.74) is 2.80. The first-order valence-electron chi connectivity index (χ1n) is 5.68. The molecule has 82 valence electrons. The smallest absolute Gasteiger partial charge is 0.0594 e. The van der Waals surface area contributed by atoms with Crippen LogP contribution in [0.5, 0.6) is 0 Å². The lowest BCUT2D eigenvalue weighted by atomic mass is 10.1. The van der Waals surface area contributed by atoms with Crippen LogP contribution in [0.4, 0.5) is 0 Å². The molecule has 0 atom stereocenters. The van der Waals surface area contributed by atoms with E-state index in [1.807, 2.05) is 0 Å². The largest absolute Gasteiger partial charge is 0.379 e. The molecule has 0 aromatic rings. The monoisotopic (exact) mass is 205 g/mol. The summed E-state index contributed by atoms with van der Waals surface area (Å²) in [4.78, 5) is 2.46. The fourth-order valence-electron chi connectivity index (χ4n) is 1.99. The van der Waals surface area contributed by atoms with Crippen molar-refractivity contribution in [2.45, 2.75) is 13.3 Å². The molecular weight excluding hydrogens is 186 g/mol. The maximum atomic E-state index is 5.34. The summed E-state index contributed by atoms with van der Waals surface area (Å²) in [7, 11) is 0. The molecule has 2 rings (SSSR count). The van der Waals surface area contributed by atoms with Gasteiger partial charge >= 0.3 is 0 Å². The van der Waals surface area contributed by atoms with Gasteiger partial charge in [-0.15, -0.1) is 0 Å². The number of allylic oxidation sites excluding steroid dienone is 4. The first kappa shape index (κ1) is 10.7. The molecule has 0 N–H and O–H groups in total. The van der Waals surface area contributed by atoms with E-state index >= 15 is 0 Å². The fourth-order valence-corrected chi connectivity index (χ4v) is 1.99. The summed E-state index contributed by atoms with van der Waals surface area (Å²) < 4.78 is 5.34. The van der Waals surface area contributed by atoms with Crippen LogP contribution < -0.4 is 0 Å². The molecule has 1 fully saturated rings. The summed E-state index contributed by atoms with van der Waals surface area (Å²) >= 11 is 0. The first-order valence-corrected chi connectivity index (χ1v) is 5.68. The highest BCUT2D eigenvalue weighted by Gasteiger charge is 2.11. The van der Waals surface area contributed by atoms with Crippen LogP contribution in [-0.2, 0) is 4.74 Å². The van der Waals surface area contributed by atoms with Gasteiger partial charge in [-0.3, -0.25) is 4.90 Å². The van der Waals surface area contributed by atoms with E-state index in [2.05, 4.69) is 36.1 Å². The minimum atomic E-state index is 0.881. The summed E-state index contributed by atoms with van der Waals surface area (Å²) in [5.74, 6) is 0. The highest BCUT2D eigenvalue weighted by atomic mass is 16.5. The van der Waals surface area contributed by atoms with E-state index in [0.717, 1.165) is 39.3 Å². The van der Waals surface area contributed by atoms with E-state index in [9.17, 15) is 0 Å². The van der Waals surface area contributed by atoms with Crippen molar-refractivity contribution in [3.8, 4) is 0 Å². The summed E-state index contributed by atoms with van der Waals surface area (Å²) in [6.45, 7) is 7.12. The molecule has 0 unspecified atom stereocenters. The third kappa shape index (κ3) is 3.33. The van der Waals surface area contributed by atoms with Crippen LogP contribution in [0.15, 0.2) is 35.5 Å². The van der Waals surface area contributed by atoms with Crippen molar-refractivity contribution in [1.82, 2.24) is 4.90 Å². The average molecular weight is 205 g/mol. The molecule has 1 aliphatic heterocycles. The van der Waals surface area contributed by atoms with Crippen LogP contribution in [0.25, 0.3) is 0 Å². The van der Waals surface area contributed by atoms with Gasteiger partial charge in [0.05, 0.1) is 13.2 Å². The van der Waals surface area contributed by atoms with Crippen molar-refractivity contribution in [1.29, 1.82) is 0 Å². The van der Waals surface area contributed by atoms with Crippen LogP contribution in [0.3, 0.4) is 0 Å². The predicted octanol–water partition coefficient (Wildman–Crippen LogP) is 2.15. The molecule has 0 aromatic carbocycles. The highest BCUT2D eigenvalue weighted by Crippen LogP contribution is 2.12. The summed E-state index contributed by atoms with van der Waals surface area (Å²) in [5, 5.41) is 0. The molecule has 15 heavy (non-hydrogen) atoms. The molecule has 1 heterocycles. The minimum Gasteiger partial charge on any atom is -0.379 e. The zero-order valence-corrected chi connectivity index (χ0v) is 9.41. The molecule has 2 heteroatoms. The predicted molar refractivity (Wildman–Crippen MR) is 62.9 cm³/mol. The van der Waals surface area contributed by atoms with Gasteiger partial charge in [0.15, 0.2) is 0 Å². The molecule has 1 aliphatic carbocycles. The van der Waals surface area contributed by atoms with Crippen LogP contribution in [0.1, 0.15) is 13.3 Å². The Bertz CT molecular complexity index is 296. The topological polar surface area (TPSA) is 12.5 Å². The van der Waals surface area contributed by atoms with Crippen molar-refractivity contribution < 1.29 is 4.74 Å². The standard InChI is InChI=1S/C13H19NO/c1-12-4-2-3-5-13(10-12)11-14-6-8-15-9-7-14/h3-5,10H,2,6-9,11H2,1H3. The highest BCUT2D eigenvalue weighted by molar-refractivity contribution is 5.33. The third-order valence-electron chi connectivity index (χ3n) is 2.83. The summed E-state index contributed by atoms with van der Waals surface area (Å²) in [6.07, 6.45) is 10.1. The molecule has 0 amide bonds. The molecule has 0 aromatic heterocycles. The van der Waals surface area contributed by atoms with Crippen LogP contribution >= 0.6 is 0 Å². The molecule has 1 saturated heterocycles. The van der Waals surface area contributed by atoms with E-state index in [4.69, 9.17) is 4.74 Å². The van der Waals surface area contributed by atoms with E-state index in [1.54, 1.807) is 0 Å². The number of hydrogen-bond donors (Lipinski definition) is 0. The van der Waals surface area contributed by atoms with Gasteiger partial charge in [0.1, 0.15) is 0 Å². The Morgan fingerprint density at radius 1 is 1.33 bits per heavy atom. The van der Waals surface area contributed by atoms with Crippen LogP contribution in [0.2, 0.25) is 0 Å². The van der Waals surface area contributed by atoms with Crippen LogP contribution in [-0.4, -0.2) is 37.7 Å². The molecule has 2 aliphatic rings. The SMILES string of the molecule is CC1=CCC=CC(CN2CCOCC2)=C1. The van der Waals surface area contributed by atoms with E-state index in [0.29, 0.717) is 0 Å². The zero-order chi connectivity index (χ0) is 10.5. The second-order valence-electron chi connectivity index (χ2n) is 4.19. The van der Waals surface area contributed by atoms with Gasteiger partial charge in [0.2, 0.25) is 0 Å². The molecule has 0 radical (unpaired) electrons. The Hall–Kier alpha value is -0.860. The number of ether oxygens (including phenoxy) is 1. The zero-order valence-electron chi connectivity index (χ0n) is 9.41. The molecular formula is C13H19NO. The fraction of sp³-hybridized carbons (Fsp3) is 0.538. The Labute approximate surface area is 91.9 Å². The number of hydrogen-bond acceptors (Lipinski definition) is 2. The number of morpholine rings is 1. The normalized spacial score (nSPS) is 23.3. The summed E-state index contributed by atoms with van der Waals surface area (Å²) in [6, 6.07) is 0. The van der Waals surface area contributed by atoms with Gasteiger partial charge in [-0.25, -0.2) is 0 Å². The molecule has 0 bridgehead atoms.